The monoisotopic (exact) mass is 802 g/mol. The van der Waals surface area contributed by atoms with E-state index in [0.717, 1.165) is 76.8 Å². The highest BCUT2D eigenvalue weighted by molar-refractivity contribution is 9.10. The van der Waals surface area contributed by atoms with Crippen LogP contribution in [-0.4, -0.2) is 79.3 Å². The Morgan fingerprint density at radius 3 is 2.64 bits per heavy atom. The number of fused-ring (bicyclic) bond motifs is 1. The number of carboxylic acids is 1. The third-order valence-corrected chi connectivity index (χ3v) is 10.5. The number of halogens is 2. The standard InChI is InChI=1S/C39H40BrClN6O6/c1-24-37-30(6-3-8-34(37)47(45-24)11-4-10-46-12-9-29(49)20-46)31-7-2-5-27(38(31)40)23-53-36-15-35(52-22-26-13-25(16-42)17-43-18-26)28(14-32(36)41)19-44-33(21-48)39(50)51/h2-3,5-8,13-15,17-18,29,33,44,48-49H,4,9-12,19-23H2,1H3,(H,50,51)/t29-,33+/m1/s1. The molecule has 2 atom stereocenters. The van der Waals surface area contributed by atoms with E-state index < -0.39 is 18.6 Å². The van der Waals surface area contributed by atoms with E-state index in [1.165, 1.54) is 6.20 Å². The Kier molecular flexibility index (Phi) is 12.6. The van der Waals surface area contributed by atoms with Gasteiger partial charge in [0, 0.05) is 77.7 Å². The molecule has 5 aromatic rings. The summed E-state index contributed by atoms with van der Waals surface area (Å²) in [5, 5.41) is 47.1. The third-order valence-electron chi connectivity index (χ3n) is 9.25. The lowest BCUT2D eigenvalue weighted by Gasteiger charge is -2.18. The molecule has 276 valence electrons. The molecule has 3 heterocycles. The van der Waals surface area contributed by atoms with Gasteiger partial charge in [-0.1, -0.05) is 41.9 Å². The lowest BCUT2D eigenvalue weighted by molar-refractivity contribution is -0.140. The van der Waals surface area contributed by atoms with Crippen LogP contribution >= 0.6 is 27.5 Å². The maximum atomic E-state index is 11.5. The van der Waals surface area contributed by atoms with Crippen LogP contribution in [0.5, 0.6) is 11.5 Å². The fourth-order valence-corrected chi connectivity index (χ4v) is 7.37. The minimum Gasteiger partial charge on any atom is -0.488 e. The highest BCUT2D eigenvalue weighted by atomic mass is 79.9. The number of aryl methyl sites for hydroxylation is 2. The van der Waals surface area contributed by atoms with Gasteiger partial charge >= 0.3 is 5.97 Å². The maximum Gasteiger partial charge on any atom is 0.323 e. The summed E-state index contributed by atoms with van der Waals surface area (Å²) in [4.78, 5) is 17.9. The highest BCUT2D eigenvalue weighted by Crippen LogP contribution is 2.39. The van der Waals surface area contributed by atoms with Crippen molar-refractivity contribution in [2.24, 2.45) is 0 Å². The fourth-order valence-electron chi connectivity index (χ4n) is 6.54. The van der Waals surface area contributed by atoms with E-state index in [-0.39, 0.29) is 25.9 Å². The number of hydrogen-bond acceptors (Lipinski definition) is 10. The minimum absolute atomic E-state index is 0.0427. The van der Waals surface area contributed by atoms with E-state index in [4.69, 9.17) is 26.2 Å². The molecule has 0 saturated carbocycles. The number of rotatable bonds is 16. The quantitative estimate of drug-likeness (QED) is 0.0947. The van der Waals surface area contributed by atoms with Crippen LogP contribution in [0.25, 0.3) is 22.0 Å². The molecule has 1 aliphatic heterocycles. The molecule has 6 rings (SSSR count). The molecule has 0 aliphatic carbocycles. The molecule has 3 aromatic carbocycles. The molecule has 0 bridgehead atoms. The number of carbonyl (C=O) groups is 1. The SMILES string of the molecule is Cc1nn(CCCN2CC[C@@H](O)C2)c2cccc(-c3cccc(COc4cc(OCc5cncc(C#N)c5)c(CN[C@@H](CO)C(=O)O)cc4Cl)c3Br)c12. The maximum absolute atomic E-state index is 11.5. The van der Waals surface area contributed by atoms with Gasteiger partial charge in [-0.15, -0.1) is 0 Å². The second-order valence-corrected chi connectivity index (χ2v) is 14.2. The summed E-state index contributed by atoms with van der Waals surface area (Å²) in [6, 6.07) is 18.1. The van der Waals surface area contributed by atoms with Crippen molar-refractivity contribution in [1.82, 2.24) is 25.0 Å². The number of carboxylic acid groups (broad SMARTS) is 1. The number of likely N-dealkylation sites (tertiary alicyclic amines) is 1. The Balaban J connectivity index is 1.22. The second kappa shape index (κ2) is 17.5. The number of nitrogens with zero attached hydrogens (tertiary/aromatic N) is 5. The van der Waals surface area contributed by atoms with Crippen molar-refractivity contribution in [3.8, 4) is 28.7 Å². The summed E-state index contributed by atoms with van der Waals surface area (Å²) in [5.74, 6) is -0.457. The van der Waals surface area contributed by atoms with Crippen molar-refractivity contribution in [2.75, 3.05) is 26.2 Å². The van der Waals surface area contributed by atoms with Gasteiger partial charge in [-0.05, 0) is 65.0 Å². The van der Waals surface area contributed by atoms with Gasteiger partial charge in [0.2, 0.25) is 0 Å². The van der Waals surface area contributed by atoms with Crippen LogP contribution in [0.15, 0.2) is 71.5 Å². The second-order valence-electron chi connectivity index (χ2n) is 13.0. The normalized spacial score (nSPS) is 15.1. The van der Waals surface area contributed by atoms with Crippen LogP contribution in [0.4, 0.5) is 0 Å². The van der Waals surface area contributed by atoms with E-state index in [9.17, 15) is 25.4 Å². The first kappa shape index (κ1) is 38.2. The van der Waals surface area contributed by atoms with Crippen LogP contribution in [0, 0.1) is 18.3 Å². The molecule has 1 fully saturated rings. The number of nitriles is 1. The van der Waals surface area contributed by atoms with Gasteiger partial charge in [0.05, 0.1) is 34.5 Å². The largest absolute Gasteiger partial charge is 0.488 e. The average molecular weight is 804 g/mol. The Morgan fingerprint density at radius 2 is 1.89 bits per heavy atom. The molecule has 4 N–H and O–H groups in total. The predicted octanol–water partition coefficient (Wildman–Crippen LogP) is 5.84. The molecule has 1 aliphatic rings. The molecule has 0 amide bonds. The molecule has 0 unspecified atom stereocenters. The molecule has 1 saturated heterocycles. The number of aliphatic carboxylic acids is 1. The summed E-state index contributed by atoms with van der Waals surface area (Å²) < 4.78 is 15.4. The summed E-state index contributed by atoms with van der Waals surface area (Å²) in [5.41, 5.74) is 6.53. The molecule has 53 heavy (non-hydrogen) atoms. The Bertz CT molecular complexity index is 2140. The smallest absolute Gasteiger partial charge is 0.323 e. The van der Waals surface area contributed by atoms with Crippen molar-refractivity contribution in [2.45, 2.75) is 58.2 Å². The van der Waals surface area contributed by atoms with Crippen molar-refractivity contribution in [3.05, 3.63) is 104 Å². The first-order chi connectivity index (χ1) is 25.6. The Hall–Kier alpha value is -4.55. The molecule has 0 spiro atoms. The molecule has 2 aromatic heterocycles. The number of nitrogens with one attached hydrogen (secondary N) is 1. The number of hydrogen-bond donors (Lipinski definition) is 4. The van der Waals surface area contributed by atoms with Gasteiger partial charge in [-0.2, -0.15) is 10.4 Å². The van der Waals surface area contributed by atoms with E-state index in [1.807, 2.05) is 25.1 Å². The first-order valence-corrected chi connectivity index (χ1v) is 18.5. The van der Waals surface area contributed by atoms with Gasteiger partial charge in [0.1, 0.15) is 36.8 Å². The van der Waals surface area contributed by atoms with Gasteiger partial charge in [-0.3, -0.25) is 19.8 Å². The van der Waals surface area contributed by atoms with E-state index >= 15 is 0 Å². The lowest BCUT2D eigenvalue weighted by atomic mass is 9.98. The van der Waals surface area contributed by atoms with Crippen LogP contribution < -0.4 is 14.8 Å². The summed E-state index contributed by atoms with van der Waals surface area (Å²) in [7, 11) is 0. The van der Waals surface area contributed by atoms with Crippen molar-refractivity contribution >= 4 is 44.4 Å². The number of aliphatic hydroxyl groups excluding tert-OH is 2. The molecule has 12 nitrogen and oxygen atoms in total. The van der Waals surface area contributed by atoms with Gasteiger partial charge in [-0.25, -0.2) is 0 Å². The average Bonchev–Trinajstić information content (AvgIpc) is 3.72. The molecule has 0 radical (unpaired) electrons. The molecular weight excluding hydrogens is 764 g/mol. The number of β-amino-alcohol motifs (C(OH)–C–C–N with tert-alkyl or cyclic N) is 1. The van der Waals surface area contributed by atoms with Crippen molar-refractivity contribution in [1.29, 1.82) is 5.26 Å². The van der Waals surface area contributed by atoms with Crippen LogP contribution in [0.1, 0.15) is 40.8 Å². The zero-order valence-electron chi connectivity index (χ0n) is 29.1. The Morgan fingerprint density at radius 1 is 1.09 bits per heavy atom. The zero-order chi connectivity index (χ0) is 37.5. The van der Waals surface area contributed by atoms with E-state index in [2.05, 4.69) is 60.1 Å². The van der Waals surface area contributed by atoms with E-state index in [1.54, 1.807) is 24.4 Å². The van der Waals surface area contributed by atoms with E-state index in [0.29, 0.717) is 33.2 Å². The number of ether oxygens (including phenoxy) is 2. The van der Waals surface area contributed by atoms with Crippen LogP contribution in [0.2, 0.25) is 5.02 Å². The summed E-state index contributed by atoms with van der Waals surface area (Å²) >= 11 is 10.6. The van der Waals surface area contributed by atoms with Gasteiger partial charge < -0.3 is 29.7 Å². The summed E-state index contributed by atoms with van der Waals surface area (Å²) in [6.45, 7) is 5.10. The zero-order valence-corrected chi connectivity index (χ0v) is 31.5. The Labute approximate surface area is 320 Å². The van der Waals surface area contributed by atoms with Gasteiger partial charge in [0.15, 0.2) is 0 Å². The fraction of sp³-hybridized carbons (Fsp3) is 0.333. The van der Waals surface area contributed by atoms with Gasteiger partial charge in [0.25, 0.3) is 0 Å². The minimum atomic E-state index is -1.19. The topological polar surface area (TPSA) is 166 Å². The number of benzene rings is 3. The first-order valence-electron chi connectivity index (χ1n) is 17.3. The molecular formula is C39H40BrClN6O6. The van der Waals surface area contributed by atoms with Crippen LogP contribution in [0.3, 0.4) is 0 Å². The number of aromatic nitrogens is 3. The number of aliphatic hydroxyl groups is 2. The van der Waals surface area contributed by atoms with Crippen molar-refractivity contribution < 1.29 is 29.6 Å². The van der Waals surface area contributed by atoms with Crippen LogP contribution in [-0.2, 0) is 31.1 Å². The number of pyridine rings is 1. The third kappa shape index (κ3) is 9.16. The predicted molar refractivity (Wildman–Crippen MR) is 204 cm³/mol. The van der Waals surface area contributed by atoms with Crippen molar-refractivity contribution in [3.63, 3.8) is 0 Å². The molecule has 14 heteroatoms. The highest BCUT2D eigenvalue weighted by Gasteiger charge is 2.21. The summed E-state index contributed by atoms with van der Waals surface area (Å²) in [6.07, 6.45) is 4.60. The lowest BCUT2D eigenvalue weighted by Crippen LogP contribution is -2.39.